The minimum Gasteiger partial charge on any atom is -0.348 e. The van der Waals surface area contributed by atoms with Gasteiger partial charge >= 0.3 is 6.43 Å². The van der Waals surface area contributed by atoms with Crippen molar-refractivity contribution in [2.45, 2.75) is 31.7 Å². The van der Waals surface area contributed by atoms with Crippen molar-refractivity contribution in [2.75, 3.05) is 0 Å². The summed E-state index contributed by atoms with van der Waals surface area (Å²) in [7, 11) is 0. The van der Waals surface area contributed by atoms with Gasteiger partial charge in [0.05, 0.1) is 0 Å². The van der Waals surface area contributed by atoms with Crippen molar-refractivity contribution in [3.63, 3.8) is 0 Å². The SMILES string of the molecule is O=C(NC1CC2CC2C1)C(F)F. The van der Waals surface area contributed by atoms with Crippen LogP contribution in [0.4, 0.5) is 8.78 Å². The van der Waals surface area contributed by atoms with Gasteiger partial charge in [0.2, 0.25) is 0 Å². The topological polar surface area (TPSA) is 29.1 Å². The van der Waals surface area contributed by atoms with E-state index >= 15 is 0 Å². The second-order valence-corrected chi connectivity index (χ2v) is 3.73. The highest BCUT2D eigenvalue weighted by Crippen LogP contribution is 2.51. The number of hydrogen-bond donors (Lipinski definition) is 1. The molecule has 0 bridgehead atoms. The molecule has 2 atom stereocenters. The predicted molar refractivity (Wildman–Crippen MR) is 38.8 cm³/mol. The fourth-order valence-electron chi connectivity index (χ4n) is 2.10. The van der Waals surface area contributed by atoms with Crippen LogP contribution in [-0.2, 0) is 4.79 Å². The van der Waals surface area contributed by atoms with Crippen LogP contribution in [0.25, 0.3) is 0 Å². The average molecular weight is 175 g/mol. The normalized spacial score (nSPS) is 38.1. The zero-order valence-corrected chi connectivity index (χ0v) is 6.59. The van der Waals surface area contributed by atoms with Gasteiger partial charge < -0.3 is 5.32 Å². The molecule has 0 aromatic heterocycles. The number of alkyl halides is 2. The monoisotopic (exact) mass is 175 g/mol. The van der Waals surface area contributed by atoms with E-state index in [4.69, 9.17) is 0 Å². The molecule has 2 rings (SSSR count). The summed E-state index contributed by atoms with van der Waals surface area (Å²) in [5.41, 5.74) is 0. The number of hydrogen-bond acceptors (Lipinski definition) is 1. The third kappa shape index (κ3) is 1.42. The van der Waals surface area contributed by atoms with Crippen LogP contribution in [-0.4, -0.2) is 18.4 Å². The van der Waals surface area contributed by atoms with Crippen LogP contribution in [0.2, 0.25) is 0 Å². The van der Waals surface area contributed by atoms with Crippen molar-refractivity contribution in [2.24, 2.45) is 11.8 Å². The molecule has 0 spiro atoms. The molecule has 2 nitrogen and oxygen atoms in total. The molecule has 2 fully saturated rings. The van der Waals surface area contributed by atoms with Gasteiger partial charge in [-0.25, -0.2) is 0 Å². The van der Waals surface area contributed by atoms with Gasteiger partial charge in [-0.1, -0.05) is 0 Å². The molecule has 2 unspecified atom stereocenters. The zero-order valence-electron chi connectivity index (χ0n) is 6.59. The summed E-state index contributed by atoms with van der Waals surface area (Å²) >= 11 is 0. The van der Waals surface area contributed by atoms with Crippen LogP contribution in [0, 0.1) is 11.8 Å². The summed E-state index contributed by atoms with van der Waals surface area (Å²) in [6.07, 6.45) is 0.190. The van der Waals surface area contributed by atoms with Gasteiger partial charge in [-0.3, -0.25) is 4.79 Å². The maximum atomic E-state index is 11.8. The lowest BCUT2D eigenvalue weighted by atomic mass is 10.1. The Hall–Kier alpha value is -0.670. The van der Waals surface area contributed by atoms with E-state index in [9.17, 15) is 13.6 Å². The Morgan fingerprint density at radius 1 is 1.25 bits per heavy atom. The van der Waals surface area contributed by atoms with E-state index in [1.165, 1.54) is 6.42 Å². The van der Waals surface area contributed by atoms with E-state index in [-0.39, 0.29) is 6.04 Å². The third-order valence-electron chi connectivity index (χ3n) is 2.79. The number of amides is 1. The zero-order chi connectivity index (χ0) is 8.72. The number of carbonyl (C=O) groups excluding carboxylic acids is 1. The summed E-state index contributed by atoms with van der Waals surface area (Å²) in [6, 6.07) is 0.0234. The van der Waals surface area contributed by atoms with Crippen molar-refractivity contribution in [1.82, 2.24) is 5.32 Å². The first-order valence-electron chi connectivity index (χ1n) is 4.25. The van der Waals surface area contributed by atoms with Crippen molar-refractivity contribution in [1.29, 1.82) is 0 Å². The summed E-state index contributed by atoms with van der Waals surface area (Å²) < 4.78 is 23.6. The van der Waals surface area contributed by atoms with Gasteiger partial charge in [0.25, 0.3) is 5.91 Å². The quantitative estimate of drug-likeness (QED) is 0.670. The molecule has 4 heteroatoms. The van der Waals surface area contributed by atoms with Crippen LogP contribution < -0.4 is 5.32 Å². The highest BCUT2D eigenvalue weighted by Gasteiger charge is 2.46. The fourth-order valence-corrected chi connectivity index (χ4v) is 2.10. The van der Waals surface area contributed by atoms with Crippen LogP contribution >= 0.6 is 0 Å². The third-order valence-corrected chi connectivity index (χ3v) is 2.79. The summed E-state index contributed by atoms with van der Waals surface area (Å²) in [6.45, 7) is 0. The molecule has 0 saturated heterocycles. The molecule has 1 amide bonds. The van der Waals surface area contributed by atoms with Crippen LogP contribution in [0.5, 0.6) is 0 Å². The molecule has 2 aliphatic rings. The highest BCUT2D eigenvalue weighted by molar-refractivity contribution is 5.79. The molecule has 2 saturated carbocycles. The van der Waals surface area contributed by atoms with Gasteiger partial charge in [0, 0.05) is 6.04 Å². The fraction of sp³-hybridized carbons (Fsp3) is 0.875. The molecular weight excluding hydrogens is 164 g/mol. The number of rotatable bonds is 2. The Morgan fingerprint density at radius 3 is 2.33 bits per heavy atom. The number of nitrogens with one attached hydrogen (secondary N) is 1. The second-order valence-electron chi connectivity index (χ2n) is 3.73. The Labute approximate surface area is 69.3 Å². The van der Waals surface area contributed by atoms with E-state index in [1.54, 1.807) is 0 Å². The Morgan fingerprint density at radius 2 is 1.83 bits per heavy atom. The first-order valence-corrected chi connectivity index (χ1v) is 4.25. The van der Waals surface area contributed by atoms with E-state index in [2.05, 4.69) is 5.32 Å². The molecule has 1 N–H and O–H groups in total. The van der Waals surface area contributed by atoms with Crippen LogP contribution in [0.15, 0.2) is 0 Å². The molecule has 68 valence electrons. The van der Waals surface area contributed by atoms with Crippen molar-refractivity contribution in [3.8, 4) is 0 Å². The Bertz CT molecular complexity index is 197. The Balaban J connectivity index is 1.77. The molecule has 0 aromatic rings. The smallest absolute Gasteiger partial charge is 0.315 e. The van der Waals surface area contributed by atoms with Crippen LogP contribution in [0.3, 0.4) is 0 Å². The summed E-state index contributed by atoms with van der Waals surface area (Å²) in [5, 5.41) is 2.35. The van der Waals surface area contributed by atoms with E-state index in [0.29, 0.717) is 11.8 Å². The average Bonchev–Trinajstić information content (AvgIpc) is 2.59. The van der Waals surface area contributed by atoms with Crippen molar-refractivity contribution in [3.05, 3.63) is 0 Å². The van der Waals surface area contributed by atoms with Gasteiger partial charge in [-0.15, -0.1) is 0 Å². The molecule has 0 heterocycles. The maximum absolute atomic E-state index is 11.8. The van der Waals surface area contributed by atoms with Gasteiger partial charge in [0.1, 0.15) is 0 Å². The van der Waals surface area contributed by atoms with Crippen LogP contribution in [0.1, 0.15) is 19.3 Å². The van der Waals surface area contributed by atoms with E-state index < -0.39 is 12.3 Å². The molecule has 0 radical (unpaired) electrons. The predicted octanol–water partition coefficient (Wildman–Crippen LogP) is 1.17. The van der Waals surface area contributed by atoms with Crippen molar-refractivity contribution >= 4 is 5.91 Å². The Kier molecular flexibility index (Phi) is 1.77. The molecule has 0 aliphatic heterocycles. The van der Waals surface area contributed by atoms with Gasteiger partial charge in [0.15, 0.2) is 0 Å². The number of carbonyl (C=O) groups is 1. The minimum atomic E-state index is -2.86. The standard InChI is InChI=1S/C8H11F2NO/c9-7(10)8(12)11-6-2-4-1-5(4)3-6/h4-7H,1-3H2,(H,11,12). The second kappa shape index (κ2) is 2.68. The molecule has 0 aromatic carbocycles. The lowest BCUT2D eigenvalue weighted by Gasteiger charge is -2.13. The maximum Gasteiger partial charge on any atom is 0.315 e. The first-order chi connectivity index (χ1) is 5.66. The summed E-state index contributed by atoms with van der Waals surface area (Å²) in [5.74, 6) is 0.322. The van der Waals surface area contributed by atoms with E-state index in [1.807, 2.05) is 0 Å². The number of fused-ring (bicyclic) bond motifs is 1. The lowest BCUT2D eigenvalue weighted by Crippen LogP contribution is -2.37. The molecule has 2 aliphatic carbocycles. The first kappa shape index (κ1) is 7.95. The molecule has 12 heavy (non-hydrogen) atoms. The number of halogens is 2. The molecular formula is C8H11F2NO. The highest BCUT2D eigenvalue weighted by atomic mass is 19.3. The summed E-state index contributed by atoms with van der Waals surface area (Å²) in [4.78, 5) is 10.6. The largest absolute Gasteiger partial charge is 0.348 e. The van der Waals surface area contributed by atoms with Gasteiger partial charge in [-0.05, 0) is 31.1 Å². The van der Waals surface area contributed by atoms with E-state index in [0.717, 1.165) is 12.8 Å². The lowest BCUT2D eigenvalue weighted by molar-refractivity contribution is -0.132. The van der Waals surface area contributed by atoms with Crippen molar-refractivity contribution < 1.29 is 13.6 Å². The minimum absolute atomic E-state index is 0.0234. The van der Waals surface area contributed by atoms with Gasteiger partial charge in [-0.2, -0.15) is 8.78 Å².